The van der Waals surface area contributed by atoms with Crippen LogP contribution in [0.25, 0.3) is 0 Å². The van der Waals surface area contributed by atoms with E-state index >= 15 is 0 Å². The zero-order valence-corrected chi connectivity index (χ0v) is 7.44. The number of nitrogens with zero attached hydrogens (tertiary/aromatic N) is 1. The molecule has 0 rings (SSSR count). The monoisotopic (exact) mass is 175 g/mol. The van der Waals surface area contributed by atoms with E-state index in [0.717, 1.165) is 5.88 Å². The Morgan fingerprint density at radius 1 is 1.50 bits per heavy atom. The minimum atomic E-state index is 0. The van der Waals surface area contributed by atoms with Crippen molar-refractivity contribution in [2.45, 2.75) is 0 Å². The Morgan fingerprint density at radius 2 is 2.00 bits per heavy atom. The van der Waals surface area contributed by atoms with Gasteiger partial charge < -0.3 is 4.90 Å². The second kappa shape index (κ2) is 7.89. The molecule has 0 N–H and O–H groups in total. The van der Waals surface area contributed by atoms with E-state index in [4.69, 9.17) is 11.6 Å². The van der Waals surface area contributed by atoms with E-state index in [1.54, 1.807) is 11.8 Å². The number of rotatable bonds is 3. The number of alkyl halides is 1. The molecule has 0 aromatic heterocycles. The lowest BCUT2D eigenvalue weighted by molar-refractivity contribution is 0.486. The lowest BCUT2D eigenvalue weighted by atomic mass is 11.0. The van der Waals surface area contributed by atoms with E-state index < -0.39 is 0 Å². The molecule has 52 valence electrons. The van der Waals surface area contributed by atoms with Crippen LogP contribution in [-0.2, 0) is 0 Å². The summed E-state index contributed by atoms with van der Waals surface area (Å²) >= 11 is 7.09. The SMILES string of the molecule is CN(C)CSCCl.Cl. The van der Waals surface area contributed by atoms with Gasteiger partial charge in [-0.1, -0.05) is 0 Å². The van der Waals surface area contributed by atoms with Crippen molar-refractivity contribution in [1.29, 1.82) is 0 Å². The first-order valence-electron chi connectivity index (χ1n) is 2.06. The first-order chi connectivity index (χ1) is 3.27. The van der Waals surface area contributed by atoms with Gasteiger partial charge in [0.2, 0.25) is 0 Å². The van der Waals surface area contributed by atoms with Gasteiger partial charge in [0.05, 0.1) is 5.21 Å². The van der Waals surface area contributed by atoms with Crippen molar-refractivity contribution in [1.82, 2.24) is 4.90 Å². The molecule has 0 saturated carbocycles. The highest BCUT2D eigenvalue weighted by Crippen LogP contribution is 2.01. The van der Waals surface area contributed by atoms with Gasteiger partial charge in [-0.05, 0) is 14.1 Å². The zero-order valence-electron chi connectivity index (χ0n) is 5.06. The first-order valence-corrected chi connectivity index (χ1v) is 3.74. The second-order valence-electron chi connectivity index (χ2n) is 1.52. The largest absolute Gasteiger partial charge is 0.300 e. The van der Waals surface area contributed by atoms with Crippen LogP contribution in [0.5, 0.6) is 0 Å². The Hall–Kier alpha value is 0.890. The number of hydrogen-bond acceptors (Lipinski definition) is 2. The highest BCUT2D eigenvalue weighted by molar-refractivity contribution is 8.00. The van der Waals surface area contributed by atoms with Crippen molar-refractivity contribution < 1.29 is 0 Å². The van der Waals surface area contributed by atoms with Crippen LogP contribution in [0.1, 0.15) is 0 Å². The number of halogens is 2. The van der Waals surface area contributed by atoms with Crippen LogP contribution < -0.4 is 0 Å². The van der Waals surface area contributed by atoms with Gasteiger partial charge in [-0.3, -0.25) is 0 Å². The molecule has 0 aromatic rings. The van der Waals surface area contributed by atoms with Gasteiger partial charge in [0, 0.05) is 5.88 Å². The van der Waals surface area contributed by atoms with Crippen molar-refractivity contribution in [2.75, 3.05) is 25.2 Å². The average Bonchev–Trinajstić information content (AvgIpc) is 1.61. The van der Waals surface area contributed by atoms with Gasteiger partial charge in [-0.2, -0.15) is 0 Å². The molecule has 0 aliphatic heterocycles. The molecule has 0 bridgehead atoms. The maximum Gasteiger partial charge on any atom is 0.0693 e. The Labute approximate surface area is 66.2 Å². The van der Waals surface area contributed by atoms with Crippen molar-refractivity contribution >= 4 is 35.8 Å². The summed E-state index contributed by atoms with van der Waals surface area (Å²) in [6.45, 7) is 0. The second-order valence-corrected chi connectivity index (χ2v) is 3.06. The van der Waals surface area contributed by atoms with Crippen LogP contribution in [0.2, 0.25) is 0 Å². The summed E-state index contributed by atoms with van der Waals surface area (Å²) in [7, 11) is 4.05. The van der Waals surface area contributed by atoms with Gasteiger partial charge in [-0.15, -0.1) is 35.8 Å². The highest BCUT2D eigenvalue weighted by atomic mass is 35.5. The fourth-order valence-corrected chi connectivity index (χ4v) is 0.858. The highest BCUT2D eigenvalue weighted by Gasteiger charge is 1.84. The molecule has 4 heteroatoms. The van der Waals surface area contributed by atoms with Crippen molar-refractivity contribution in [3.05, 3.63) is 0 Å². The predicted molar refractivity (Wildman–Crippen MR) is 44.1 cm³/mol. The van der Waals surface area contributed by atoms with Crippen molar-refractivity contribution in [3.63, 3.8) is 0 Å². The third-order valence-corrected chi connectivity index (χ3v) is 1.74. The molecule has 0 spiro atoms. The molecule has 0 aromatic carbocycles. The van der Waals surface area contributed by atoms with Crippen LogP contribution in [0.15, 0.2) is 0 Å². The molecule has 0 atom stereocenters. The summed E-state index contributed by atoms with van der Waals surface area (Å²) in [4.78, 5) is 2.09. The molecule has 0 saturated heterocycles. The molecule has 0 heterocycles. The van der Waals surface area contributed by atoms with Gasteiger partial charge >= 0.3 is 0 Å². The fourth-order valence-electron chi connectivity index (χ4n) is 0.217. The molecule has 0 fully saturated rings. The molecule has 0 aliphatic rings. The van der Waals surface area contributed by atoms with E-state index in [9.17, 15) is 0 Å². The smallest absolute Gasteiger partial charge is 0.0693 e. The minimum Gasteiger partial charge on any atom is -0.300 e. The van der Waals surface area contributed by atoms with Crippen molar-refractivity contribution in [2.24, 2.45) is 0 Å². The Morgan fingerprint density at radius 3 is 2.12 bits per heavy atom. The minimum absolute atomic E-state index is 0. The topological polar surface area (TPSA) is 3.24 Å². The van der Waals surface area contributed by atoms with Crippen LogP contribution in [-0.4, -0.2) is 30.1 Å². The third kappa shape index (κ3) is 10.00. The quantitative estimate of drug-likeness (QED) is 0.477. The average molecular weight is 176 g/mol. The fraction of sp³-hybridized carbons (Fsp3) is 1.00. The standard InChI is InChI=1S/C4H10ClNS.ClH/c1-6(2)4-7-3-5;/h3-4H2,1-2H3;1H. The maximum absolute atomic E-state index is 5.38. The van der Waals surface area contributed by atoms with E-state index in [1.807, 2.05) is 14.1 Å². The Balaban J connectivity index is 0. The molecule has 0 aliphatic carbocycles. The van der Waals surface area contributed by atoms with Crippen LogP contribution in [0, 0.1) is 0 Å². The molecular formula is C4H11Cl2NS. The Kier molecular flexibility index (Phi) is 11.5. The van der Waals surface area contributed by atoms with Crippen LogP contribution in [0.3, 0.4) is 0 Å². The van der Waals surface area contributed by atoms with Crippen molar-refractivity contribution in [3.8, 4) is 0 Å². The van der Waals surface area contributed by atoms with E-state index in [1.165, 1.54) is 0 Å². The van der Waals surface area contributed by atoms with Crippen LogP contribution in [0.4, 0.5) is 0 Å². The lowest BCUT2D eigenvalue weighted by Crippen LogP contribution is -2.09. The zero-order chi connectivity index (χ0) is 5.70. The van der Waals surface area contributed by atoms with Crippen LogP contribution >= 0.6 is 35.8 Å². The maximum atomic E-state index is 5.38. The van der Waals surface area contributed by atoms with E-state index in [0.29, 0.717) is 5.21 Å². The summed E-state index contributed by atoms with van der Waals surface area (Å²) in [6.07, 6.45) is 0. The predicted octanol–water partition coefficient (Wildman–Crippen LogP) is 1.86. The Bertz CT molecular complexity index is 43.0. The molecular weight excluding hydrogens is 165 g/mol. The normalized spacial score (nSPS) is 9.00. The van der Waals surface area contributed by atoms with Gasteiger partial charge in [0.15, 0.2) is 0 Å². The number of hydrogen-bond donors (Lipinski definition) is 0. The van der Waals surface area contributed by atoms with Gasteiger partial charge in [0.1, 0.15) is 0 Å². The van der Waals surface area contributed by atoms with E-state index in [-0.39, 0.29) is 12.4 Å². The molecule has 0 radical (unpaired) electrons. The summed E-state index contributed by atoms with van der Waals surface area (Å²) in [5, 5.41) is 0.693. The third-order valence-electron chi connectivity index (χ3n) is 0.427. The molecule has 0 amide bonds. The first kappa shape index (κ1) is 11.7. The lowest BCUT2D eigenvalue weighted by Gasteiger charge is -2.04. The summed E-state index contributed by atoms with van der Waals surface area (Å²) in [5.74, 6) is 1.02. The van der Waals surface area contributed by atoms with Gasteiger partial charge in [0.25, 0.3) is 0 Å². The van der Waals surface area contributed by atoms with Gasteiger partial charge in [-0.25, -0.2) is 0 Å². The molecule has 8 heavy (non-hydrogen) atoms. The number of thioether (sulfide) groups is 1. The summed E-state index contributed by atoms with van der Waals surface area (Å²) < 4.78 is 0. The van der Waals surface area contributed by atoms with E-state index in [2.05, 4.69) is 4.90 Å². The summed E-state index contributed by atoms with van der Waals surface area (Å²) in [6, 6.07) is 0. The summed E-state index contributed by atoms with van der Waals surface area (Å²) in [5.41, 5.74) is 0. The molecule has 0 unspecified atom stereocenters. The molecule has 1 nitrogen and oxygen atoms in total.